The summed E-state index contributed by atoms with van der Waals surface area (Å²) >= 11 is 11.2. The van der Waals surface area contributed by atoms with Gasteiger partial charge in [-0.25, -0.2) is 9.69 Å². The van der Waals surface area contributed by atoms with E-state index in [1.807, 2.05) is 42.5 Å². The summed E-state index contributed by atoms with van der Waals surface area (Å²) in [5.41, 5.74) is 3.66. The smallest absolute Gasteiger partial charge is 0.205 e. The van der Waals surface area contributed by atoms with Gasteiger partial charge in [0.1, 0.15) is 5.15 Å². The van der Waals surface area contributed by atoms with Crippen LogP contribution in [-0.2, 0) is 11.5 Å². The first-order chi connectivity index (χ1) is 16.1. The second kappa shape index (κ2) is 15.5. The van der Waals surface area contributed by atoms with Gasteiger partial charge in [-0.2, -0.15) is 12.6 Å². The number of nitrogens with zero attached hydrogens (tertiary/aromatic N) is 4. The molecule has 0 bridgehead atoms. The fraction of sp³-hybridized carbons (Fsp3) is 0.0769. The third kappa shape index (κ3) is 10.7. The SMILES string of the molecule is SCc1ccccc1.[C-]#[N+]c1ccc(Cl)nc1.[C-]#[N+]c1ccc(SCc2ccccc2)nc1. The van der Waals surface area contributed by atoms with Gasteiger partial charge in [0.15, 0.2) is 0 Å². The van der Waals surface area contributed by atoms with Crippen LogP contribution in [0.2, 0.25) is 5.15 Å². The number of thioether (sulfide) groups is 1. The highest BCUT2D eigenvalue weighted by Gasteiger charge is 1.97. The van der Waals surface area contributed by atoms with E-state index in [2.05, 4.69) is 56.6 Å². The van der Waals surface area contributed by atoms with E-state index < -0.39 is 0 Å². The zero-order valence-electron chi connectivity index (χ0n) is 17.7. The summed E-state index contributed by atoms with van der Waals surface area (Å²) in [4.78, 5) is 14.4. The van der Waals surface area contributed by atoms with Gasteiger partial charge in [-0.3, -0.25) is 9.97 Å². The highest BCUT2D eigenvalue weighted by atomic mass is 35.5. The minimum absolute atomic E-state index is 0.419. The monoisotopic (exact) mass is 488 g/mol. The molecule has 0 aliphatic carbocycles. The topological polar surface area (TPSA) is 34.5 Å². The summed E-state index contributed by atoms with van der Waals surface area (Å²) in [6.45, 7) is 13.4. The van der Waals surface area contributed by atoms with Crippen molar-refractivity contribution in [1.29, 1.82) is 0 Å². The van der Waals surface area contributed by atoms with E-state index >= 15 is 0 Å². The molecule has 33 heavy (non-hydrogen) atoms. The van der Waals surface area contributed by atoms with Crippen molar-refractivity contribution in [3.05, 3.63) is 136 Å². The third-order valence-corrected chi connectivity index (χ3v) is 5.55. The second-order valence-corrected chi connectivity index (χ2v) is 8.03. The Labute approximate surface area is 209 Å². The van der Waals surface area contributed by atoms with Gasteiger partial charge in [-0.15, -0.1) is 11.8 Å². The molecular formula is C26H21ClN4S2. The molecule has 2 aromatic carbocycles. The Bertz CT molecular complexity index is 1160. The molecule has 0 unspecified atom stereocenters. The first-order valence-electron chi connectivity index (χ1n) is 9.78. The van der Waals surface area contributed by atoms with Gasteiger partial charge in [-0.1, -0.05) is 84.4 Å². The fourth-order valence-corrected chi connectivity index (χ4v) is 3.39. The van der Waals surface area contributed by atoms with Gasteiger partial charge in [0.2, 0.25) is 11.4 Å². The van der Waals surface area contributed by atoms with Crippen LogP contribution in [0.5, 0.6) is 0 Å². The average molecular weight is 489 g/mol. The maximum absolute atomic E-state index is 6.83. The summed E-state index contributed by atoms with van der Waals surface area (Å²) in [5.74, 6) is 1.74. The van der Waals surface area contributed by atoms with Crippen molar-refractivity contribution >= 4 is 47.4 Å². The van der Waals surface area contributed by atoms with E-state index in [1.54, 1.807) is 36.2 Å². The van der Waals surface area contributed by atoms with Crippen LogP contribution < -0.4 is 0 Å². The van der Waals surface area contributed by atoms with Crippen LogP contribution in [0.3, 0.4) is 0 Å². The lowest BCUT2D eigenvalue weighted by Crippen LogP contribution is -1.81. The first kappa shape index (κ1) is 26.0. The van der Waals surface area contributed by atoms with Crippen LogP contribution in [0.25, 0.3) is 9.69 Å². The minimum Gasteiger partial charge on any atom is -0.262 e. The van der Waals surface area contributed by atoms with Crippen molar-refractivity contribution in [3.63, 3.8) is 0 Å². The molecule has 0 aliphatic heterocycles. The van der Waals surface area contributed by atoms with Gasteiger partial charge in [0.05, 0.1) is 18.2 Å². The lowest BCUT2D eigenvalue weighted by molar-refractivity contribution is 1.14. The predicted octanol–water partition coefficient (Wildman–Crippen LogP) is 8.33. The summed E-state index contributed by atoms with van der Waals surface area (Å²) in [6.07, 6.45) is 3.05. The van der Waals surface area contributed by atoms with E-state index in [4.69, 9.17) is 24.7 Å². The molecule has 2 aromatic heterocycles. The van der Waals surface area contributed by atoms with E-state index in [-0.39, 0.29) is 0 Å². The molecule has 0 amide bonds. The molecule has 0 saturated heterocycles. The number of hydrogen-bond donors (Lipinski definition) is 1. The molecule has 0 fully saturated rings. The predicted molar refractivity (Wildman–Crippen MR) is 141 cm³/mol. The first-order valence-corrected chi connectivity index (χ1v) is 11.8. The van der Waals surface area contributed by atoms with E-state index in [0.29, 0.717) is 16.5 Å². The lowest BCUT2D eigenvalue weighted by Gasteiger charge is -2.00. The number of benzene rings is 2. The number of rotatable bonds is 4. The molecule has 0 saturated carbocycles. The van der Waals surface area contributed by atoms with Gasteiger partial charge < -0.3 is 0 Å². The van der Waals surface area contributed by atoms with Gasteiger partial charge >= 0.3 is 0 Å². The van der Waals surface area contributed by atoms with Crippen molar-refractivity contribution in [3.8, 4) is 0 Å². The summed E-state index contributed by atoms with van der Waals surface area (Å²) in [6, 6.07) is 27.4. The zero-order valence-corrected chi connectivity index (χ0v) is 20.1. The number of hydrogen-bond acceptors (Lipinski definition) is 4. The Kier molecular flexibility index (Phi) is 12.2. The van der Waals surface area contributed by atoms with Crippen molar-refractivity contribution in [2.24, 2.45) is 0 Å². The largest absolute Gasteiger partial charge is 0.262 e. The molecular weight excluding hydrogens is 468 g/mol. The second-order valence-electron chi connectivity index (χ2n) is 6.34. The number of pyridine rings is 2. The van der Waals surface area contributed by atoms with Gasteiger partial charge in [0, 0.05) is 23.9 Å². The van der Waals surface area contributed by atoms with Crippen molar-refractivity contribution in [2.45, 2.75) is 16.5 Å². The molecule has 4 aromatic rings. The van der Waals surface area contributed by atoms with Crippen molar-refractivity contribution < 1.29 is 0 Å². The van der Waals surface area contributed by atoms with E-state index in [0.717, 1.165) is 16.5 Å². The number of thiol groups is 1. The van der Waals surface area contributed by atoms with Crippen LogP contribution in [0.15, 0.2) is 102 Å². The van der Waals surface area contributed by atoms with Crippen LogP contribution in [-0.4, -0.2) is 9.97 Å². The van der Waals surface area contributed by atoms with E-state index in [9.17, 15) is 0 Å². The number of halogens is 1. The molecule has 164 valence electrons. The Morgan fingerprint density at radius 2 is 1.27 bits per heavy atom. The highest BCUT2D eigenvalue weighted by Crippen LogP contribution is 2.22. The van der Waals surface area contributed by atoms with Crippen LogP contribution >= 0.6 is 36.0 Å². The fourth-order valence-electron chi connectivity index (χ4n) is 2.27. The Balaban J connectivity index is 0.000000192. The van der Waals surface area contributed by atoms with Crippen LogP contribution in [0.1, 0.15) is 11.1 Å². The van der Waals surface area contributed by atoms with Gasteiger partial charge in [-0.05, 0) is 23.3 Å². The maximum Gasteiger partial charge on any atom is 0.205 e. The molecule has 0 atom stereocenters. The van der Waals surface area contributed by atoms with E-state index in [1.165, 1.54) is 17.3 Å². The zero-order chi connectivity index (χ0) is 23.7. The van der Waals surface area contributed by atoms with Crippen molar-refractivity contribution in [1.82, 2.24) is 9.97 Å². The molecule has 2 heterocycles. The molecule has 0 radical (unpaired) electrons. The molecule has 4 nitrogen and oxygen atoms in total. The summed E-state index contributed by atoms with van der Waals surface area (Å²) in [5, 5.41) is 1.37. The average Bonchev–Trinajstić information content (AvgIpc) is 2.90. The molecule has 0 spiro atoms. The van der Waals surface area contributed by atoms with Gasteiger partial charge in [0.25, 0.3) is 0 Å². The normalized spacial score (nSPS) is 9.21. The Morgan fingerprint density at radius 1 is 0.727 bits per heavy atom. The molecule has 0 aliphatic rings. The Morgan fingerprint density at radius 3 is 1.70 bits per heavy atom. The quantitative estimate of drug-likeness (QED) is 0.136. The minimum atomic E-state index is 0.419. The summed E-state index contributed by atoms with van der Waals surface area (Å²) in [7, 11) is 0. The standard InChI is InChI=1S/C13H10N2S.C7H8S.C6H3ClN2/c1-14-12-7-8-13(15-9-12)16-10-11-5-3-2-4-6-11;8-6-7-4-2-1-3-5-7;1-8-5-2-3-6(7)9-4-5/h2-9H,10H2;1-5,8H,6H2;2-4H. The van der Waals surface area contributed by atoms with Crippen molar-refractivity contribution in [2.75, 3.05) is 0 Å². The summed E-state index contributed by atoms with van der Waals surface area (Å²) < 4.78 is 0. The van der Waals surface area contributed by atoms with Crippen LogP contribution in [0.4, 0.5) is 11.4 Å². The lowest BCUT2D eigenvalue weighted by atomic mass is 10.2. The molecule has 4 rings (SSSR count). The number of aromatic nitrogens is 2. The molecule has 7 heteroatoms. The highest BCUT2D eigenvalue weighted by molar-refractivity contribution is 7.98. The van der Waals surface area contributed by atoms with Crippen LogP contribution in [0, 0.1) is 13.1 Å². The Hall–Kier alpha value is -3.29. The molecule has 0 N–H and O–H groups in total. The maximum atomic E-state index is 6.83. The third-order valence-electron chi connectivity index (χ3n) is 3.95.